The molecular formula is C12H23NO. The Morgan fingerprint density at radius 3 is 2.71 bits per heavy atom. The van der Waals surface area contributed by atoms with Gasteiger partial charge < -0.3 is 5.32 Å². The van der Waals surface area contributed by atoms with Gasteiger partial charge in [-0.2, -0.15) is 0 Å². The summed E-state index contributed by atoms with van der Waals surface area (Å²) in [6.07, 6.45) is 4.00. The van der Waals surface area contributed by atoms with Crippen molar-refractivity contribution in [2.24, 2.45) is 11.3 Å². The summed E-state index contributed by atoms with van der Waals surface area (Å²) in [6.45, 7) is 9.03. The molecule has 1 rings (SSSR count). The van der Waals surface area contributed by atoms with Gasteiger partial charge in [-0.3, -0.25) is 4.79 Å². The van der Waals surface area contributed by atoms with Crippen molar-refractivity contribution in [3.63, 3.8) is 0 Å². The minimum Gasteiger partial charge on any atom is -0.353 e. The highest BCUT2D eigenvalue weighted by molar-refractivity contribution is 5.77. The molecule has 1 unspecified atom stereocenters. The third-order valence-electron chi connectivity index (χ3n) is 3.92. The fourth-order valence-corrected chi connectivity index (χ4v) is 2.37. The lowest BCUT2D eigenvalue weighted by molar-refractivity contribution is -0.127. The van der Waals surface area contributed by atoms with Gasteiger partial charge >= 0.3 is 0 Å². The molecule has 0 radical (unpaired) electrons. The van der Waals surface area contributed by atoms with E-state index in [1.165, 1.54) is 0 Å². The highest BCUT2D eigenvalue weighted by atomic mass is 16.1. The minimum absolute atomic E-state index is 0.238. The Labute approximate surface area is 87.5 Å². The van der Waals surface area contributed by atoms with Gasteiger partial charge in [0.05, 0.1) is 0 Å². The second-order valence-electron chi connectivity index (χ2n) is 5.07. The summed E-state index contributed by atoms with van der Waals surface area (Å²) < 4.78 is 0. The van der Waals surface area contributed by atoms with Gasteiger partial charge in [0.1, 0.15) is 0 Å². The van der Waals surface area contributed by atoms with Gasteiger partial charge in [0.15, 0.2) is 0 Å². The first-order chi connectivity index (χ1) is 6.50. The van der Waals surface area contributed by atoms with Crippen LogP contribution in [-0.2, 0) is 4.79 Å². The number of hydrogen-bond acceptors (Lipinski definition) is 1. The molecule has 0 aromatic carbocycles. The summed E-state index contributed by atoms with van der Waals surface area (Å²) in [4.78, 5) is 11.3. The average molecular weight is 197 g/mol. The van der Waals surface area contributed by atoms with Gasteiger partial charge in [0.25, 0.3) is 0 Å². The molecule has 1 aliphatic rings. The second kappa shape index (κ2) is 4.33. The first-order valence-corrected chi connectivity index (χ1v) is 5.80. The summed E-state index contributed by atoms with van der Waals surface area (Å²) in [5.41, 5.74) is 0.296. The zero-order valence-corrected chi connectivity index (χ0v) is 9.89. The molecule has 1 amide bonds. The molecule has 2 heteroatoms. The van der Waals surface area contributed by atoms with E-state index in [1.54, 1.807) is 0 Å². The third kappa shape index (κ3) is 2.10. The summed E-state index contributed by atoms with van der Waals surface area (Å²) >= 11 is 0. The van der Waals surface area contributed by atoms with Crippen molar-refractivity contribution in [2.75, 3.05) is 0 Å². The van der Waals surface area contributed by atoms with E-state index in [-0.39, 0.29) is 5.91 Å². The largest absolute Gasteiger partial charge is 0.353 e. The number of rotatable bonds is 3. The number of carbonyl (C=O) groups is 1. The van der Waals surface area contributed by atoms with Crippen LogP contribution in [0, 0.1) is 11.3 Å². The molecule has 0 bridgehead atoms. The third-order valence-corrected chi connectivity index (χ3v) is 3.92. The molecule has 2 atom stereocenters. The summed E-state index contributed by atoms with van der Waals surface area (Å²) in [6, 6.07) is 0.383. The maximum atomic E-state index is 11.3. The summed E-state index contributed by atoms with van der Waals surface area (Å²) in [5, 5.41) is 3.15. The zero-order chi connectivity index (χ0) is 10.8. The van der Waals surface area contributed by atoms with Crippen LogP contribution in [0.25, 0.3) is 0 Å². The monoisotopic (exact) mass is 197 g/mol. The number of hydrogen-bond donors (Lipinski definition) is 1. The van der Waals surface area contributed by atoms with E-state index in [9.17, 15) is 4.79 Å². The lowest BCUT2D eigenvalue weighted by Crippen LogP contribution is -2.53. The molecule has 1 heterocycles. The van der Waals surface area contributed by atoms with E-state index in [2.05, 4.69) is 33.0 Å². The van der Waals surface area contributed by atoms with E-state index in [0.29, 0.717) is 23.8 Å². The van der Waals surface area contributed by atoms with E-state index in [1.807, 2.05) is 0 Å². The standard InChI is InChI=1S/C12H23NO/c1-5-6-10-12(4,9(2)3)8-7-11(14)13-10/h9-10H,5-8H2,1-4H3,(H,13,14)/t10-,12?/m1/s1. The fourth-order valence-electron chi connectivity index (χ4n) is 2.37. The van der Waals surface area contributed by atoms with Crippen molar-refractivity contribution in [1.82, 2.24) is 5.32 Å². The predicted molar refractivity (Wildman–Crippen MR) is 59.0 cm³/mol. The Morgan fingerprint density at radius 2 is 2.21 bits per heavy atom. The molecule has 0 aliphatic carbocycles. The van der Waals surface area contributed by atoms with Crippen molar-refractivity contribution in [3.05, 3.63) is 0 Å². The normalized spacial score (nSPS) is 33.2. The van der Waals surface area contributed by atoms with Gasteiger partial charge in [-0.1, -0.05) is 34.1 Å². The van der Waals surface area contributed by atoms with Gasteiger partial charge in [-0.15, -0.1) is 0 Å². The first-order valence-electron chi connectivity index (χ1n) is 5.80. The van der Waals surface area contributed by atoms with E-state index >= 15 is 0 Å². The van der Waals surface area contributed by atoms with Crippen molar-refractivity contribution >= 4 is 5.91 Å². The number of amides is 1. The van der Waals surface area contributed by atoms with E-state index < -0.39 is 0 Å². The van der Waals surface area contributed by atoms with Crippen LogP contribution in [0.15, 0.2) is 0 Å². The summed E-state index contributed by atoms with van der Waals surface area (Å²) in [7, 11) is 0. The minimum atomic E-state index is 0.238. The second-order valence-corrected chi connectivity index (χ2v) is 5.07. The molecular weight excluding hydrogens is 174 g/mol. The van der Waals surface area contributed by atoms with Gasteiger partial charge in [-0.05, 0) is 24.2 Å². The molecule has 0 saturated carbocycles. The maximum Gasteiger partial charge on any atom is 0.220 e. The number of piperidine rings is 1. The fraction of sp³-hybridized carbons (Fsp3) is 0.917. The Balaban J connectivity index is 2.76. The van der Waals surface area contributed by atoms with Crippen molar-refractivity contribution in [3.8, 4) is 0 Å². The Hall–Kier alpha value is -0.530. The van der Waals surface area contributed by atoms with Crippen LogP contribution in [-0.4, -0.2) is 11.9 Å². The van der Waals surface area contributed by atoms with Crippen LogP contribution >= 0.6 is 0 Å². The molecule has 82 valence electrons. The summed E-state index contributed by atoms with van der Waals surface area (Å²) in [5.74, 6) is 0.876. The molecule has 0 spiro atoms. The van der Waals surface area contributed by atoms with Crippen LogP contribution in [0.2, 0.25) is 0 Å². The molecule has 1 aliphatic heterocycles. The number of carbonyl (C=O) groups excluding carboxylic acids is 1. The van der Waals surface area contributed by atoms with Crippen molar-refractivity contribution < 1.29 is 4.79 Å². The zero-order valence-electron chi connectivity index (χ0n) is 9.89. The Kier molecular flexibility index (Phi) is 3.57. The SMILES string of the molecule is CCC[C@H]1NC(=O)CCC1(C)C(C)C. The smallest absolute Gasteiger partial charge is 0.220 e. The molecule has 0 aromatic rings. The number of nitrogens with one attached hydrogen (secondary N) is 1. The molecule has 1 saturated heterocycles. The lowest BCUT2D eigenvalue weighted by atomic mass is 9.67. The maximum absolute atomic E-state index is 11.3. The van der Waals surface area contributed by atoms with E-state index in [4.69, 9.17) is 0 Å². The molecule has 1 fully saturated rings. The molecule has 0 aromatic heterocycles. The van der Waals surface area contributed by atoms with E-state index in [0.717, 1.165) is 19.3 Å². The van der Waals surface area contributed by atoms with Crippen molar-refractivity contribution in [2.45, 2.75) is 59.4 Å². The van der Waals surface area contributed by atoms with Crippen LogP contribution in [0.5, 0.6) is 0 Å². The Bertz CT molecular complexity index is 212. The van der Waals surface area contributed by atoms with Crippen LogP contribution in [0.1, 0.15) is 53.4 Å². The topological polar surface area (TPSA) is 29.1 Å². The van der Waals surface area contributed by atoms with Crippen LogP contribution in [0.3, 0.4) is 0 Å². The van der Waals surface area contributed by atoms with Gasteiger partial charge in [0, 0.05) is 12.5 Å². The average Bonchev–Trinajstić information content (AvgIpc) is 2.12. The highest BCUT2D eigenvalue weighted by Gasteiger charge is 2.40. The van der Waals surface area contributed by atoms with Crippen molar-refractivity contribution in [1.29, 1.82) is 0 Å². The first kappa shape index (κ1) is 11.5. The van der Waals surface area contributed by atoms with Crippen LogP contribution in [0.4, 0.5) is 0 Å². The van der Waals surface area contributed by atoms with Crippen LogP contribution < -0.4 is 5.32 Å². The van der Waals surface area contributed by atoms with Gasteiger partial charge in [-0.25, -0.2) is 0 Å². The molecule has 1 N–H and O–H groups in total. The lowest BCUT2D eigenvalue weighted by Gasteiger charge is -2.45. The predicted octanol–water partition coefficient (Wildman–Crippen LogP) is 2.73. The molecule has 2 nitrogen and oxygen atoms in total. The molecule has 14 heavy (non-hydrogen) atoms. The van der Waals surface area contributed by atoms with Gasteiger partial charge in [0.2, 0.25) is 5.91 Å². The Morgan fingerprint density at radius 1 is 1.57 bits per heavy atom. The highest BCUT2D eigenvalue weighted by Crippen LogP contribution is 2.40. The quantitative estimate of drug-likeness (QED) is 0.740.